The largest absolute Gasteiger partial charge is 0.489 e. The zero-order valence-corrected chi connectivity index (χ0v) is 10.1. The van der Waals surface area contributed by atoms with E-state index in [1.165, 1.54) is 0 Å². The molecule has 1 N–H and O–H groups in total. The molecule has 1 rings (SSSR count). The third-order valence-electron chi connectivity index (χ3n) is 1.96. The van der Waals surface area contributed by atoms with Crippen molar-refractivity contribution in [2.75, 3.05) is 6.61 Å². The van der Waals surface area contributed by atoms with Gasteiger partial charge in [0.2, 0.25) is 0 Å². The van der Waals surface area contributed by atoms with Crippen LogP contribution < -0.4 is 4.74 Å². The van der Waals surface area contributed by atoms with Gasteiger partial charge in [0.1, 0.15) is 12.4 Å². The molecule has 0 aliphatic heterocycles. The highest BCUT2D eigenvalue weighted by Gasteiger charge is 2.08. The fraction of sp³-hybridized carbons (Fsp3) is 0.250. The molecular formula is C12H14ClNO2. The quantitative estimate of drug-likeness (QED) is 0.378. The molecule has 0 heterocycles. The minimum absolute atomic E-state index is 0.424. The van der Waals surface area contributed by atoms with E-state index in [1.807, 2.05) is 6.92 Å². The maximum Gasteiger partial charge on any atom is 0.129 e. The summed E-state index contributed by atoms with van der Waals surface area (Å²) in [5.74, 6) is 0.628. The number of hydrogen-bond acceptors (Lipinski definition) is 3. The summed E-state index contributed by atoms with van der Waals surface area (Å²) in [7, 11) is 0. The highest BCUT2D eigenvalue weighted by Crippen LogP contribution is 2.24. The van der Waals surface area contributed by atoms with Crippen molar-refractivity contribution < 1.29 is 9.94 Å². The van der Waals surface area contributed by atoms with E-state index in [0.717, 1.165) is 5.57 Å². The van der Waals surface area contributed by atoms with Crippen molar-refractivity contribution in [1.82, 2.24) is 0 Å². The first-order valence-electron chi connectivity index (χ1n) is 4.80. The van der Waals surface area contributed by atoms with Gasteiger partial charge >= 0.3 is 0 Å². The maximum absolute atomic E-state index is 8.75. The van der Waals surface area contributed by atoms with Crippen molar-refractivity contribution in [3.63, 3.8) is 0 Å². The van der Waals surface area contributed by atoms with Gasteiger partial charge in [-0.15, -0.1) is 0 Å². The first kappa shape index (κ1) is 12.6. The zero-order valence-electron chi connectivity index (χ0n) is 9.33. The summed E-state index contributed by atoms with van der Waals surface area (Å²) in [5, 5.41) is 12.5. The van der Waals surface area contributed by atoms with Crippen molar-refractivity contribution in [2.45, 2.75) is 13.8 Å². The number of ether oxygens (including phenoxy) is 1. The fourth-order valence-electron chi connectivity index (χ4n) is 1.17. The Morgan fingerprint density at radius 2 is 2.19 bits per heavy atom. The van der Waals surface area contributed by atoms with Gasteiger partial charge in [-0.25, -0.2) is 0 Å². The Morgan fingerprint density at radius 1 is 1.50 bits per heavy atom. The molecule has 0 bridgehead atoms. The fourth-order valence-corrected chi connectivity index (χ4v) is 1.34. The summed E-state index contributed by atoms with van der Waals surface area (Å²) in [6, 6.07) is 5.17. The van der Waals surface area contributed by atoms with E-state index in [4.69, 9.17) is 21.5 Å². The van der Waals surface area contributed by atoms with Crippen molar-refractivity contribution >= 4 is 17.3 Å². The molecule has 0 aliphatic rings. The van der Waals surface area contributed by atoms with Gasteiger partial charge in [-0.05, 0) is 37.6 Å². The topological polar surface area (TPSA) is 41.8 Å². The van der Waals surface area contributed by atoms with Crippen molar-refractivity contribution in [3.8, 4) is 5.75 Å². The van der Waals surface area contributed by atoms with E-state index in [1.54, 1.807) is 25.1 Å². The third kappa shape index (κ3) is 3.28. The Bertz CT molecular complexity index is 427. The molecule has 1 aromatic rings. The second kappa shape index (κ2) is 5.56. The molecule has 4 heteroatoms. The standard InChI is InChI=1S/C12H14ClNO2/c1-8(2)7-16-12-5-4-10(13)6-11(12)9(3)14-15/h4-6,15H,1,7H2,2-3H3/b14-9+. The van der Waals surface area contributed by atoms with Gasteiger partial charge < -0.3 is 9.94 Å². The lowest BCUT2D eigenvalue weighted by atomic mass is 10.1. The van der Waals surface area contributed by atoms with Gasteiger partial charge in [-0.3, -0.25) is 0 Å². The third-order valence-corrected chi connectivity index (χ3v) is 2.19. The van der Waals surface area contributed by atoms with Crippen LogP contribution in [0.15, 0.2) is 35.5 Å². The molecule has 0 amide bonds. The monoisotopic (exact) mass is 239 g/mol. The minimum atomic E-state index is 0.424. The second-order valence-electron chi connectivity index (χ2n) is 3.57. The van der Waals surface area contributed by atoms with E-state index in [9.17, 15) is 0 Å². The molecule has 0 saturated carbocycles. The van der Waals surface area contributed by atoms with Crippen LogP contribution >= 0.6 is 11.6 Å². The van der Waals surface area contributed by atoms with Gasteiger partial charge in [0, 0.05) is 10.6 Å². The van der Waals surface area contributed by atoms with Crippen LogP contribution in [0.25, 0.3) is 0 Å². The molecule has 0 spiro atoms. The average Bonchev–Trinajstić information content (AvgIpc) is 2.26. The predicted molar refractivity (Wildman–Crippen MR) is 65.8 cm³/mol. The van der Waals surface area contributed by atoms with E-state index >= 15 is 0 Å². The molecule has 0 aliphatic carbocycles. The highest BCUT2D eigenvalue weighted by atomic mass is 35.5. The predicted octanol–water partition coefficient (Wildman–Crippen LogP) is 3.49. The molecule has 3 nitrogen and oxygen atoms in total. The van der Waals surface area contributed by atoms with E-state index < -0.39 is 0 Å². The second-order valence-corrected chi connectivity index (χ2v) is 4.01. The lowest BCUT2D eigenvalue weighted by molar-refractivity contribution is 0.318. The van der Waals surface area contributed by atoms with Gasteiger partial charge in [-0.2, -0.15) is 0 Å². The summed E-state index contributed by atoms with van der Waals surface area (Å²) < 4.78 is 5.53. The van der Waals surface area contributed by atoms with Crippen LogP contribution in [0.5, 0.6) is 5.75 Å². The first-order valence-corrected chi connectivity index (χ1v) is 5.18. The number of halogens is 1. The number of rotatable bonds is 4. The van der Waals surface area contributed by atoms with Crippen LogP contribution in [0.3, 0.4) is 0 Å². The molecule has 0 saturated heterocycles. The number of hydrogen-bond donors (Lipinski definition) is 1. The van der Waals surface area contributed by atoms with Gasteiger partial charge in [0.25, 0.3) is 0 Å². The molecule has 0 fully saturated rings. The van der Waals surface area contributed by atoms with Crippen LogP contribution in [-0.2, 0) is 0 Å². The Kier molecular flexibility index (Phi) is 4.38. The number of oxime groups is 1. The van der Waals surface area contributed by atoms with Gasteiger partial charge in [-0.1, -0.05) is 23.3 Å². The minimum Gasteiger partial charge on any atom is -0.489 e. The molecule has 86 valence electrons. The van der Waals surface area contributed by atoms with Crippen molar-refractivity contribution in [1.29, 1.82) is 0 Å². The van der Waals surface area contributed by atoms with Crippen LogP contribution in [-0.4, -0.2) is 17.5 Å². The highest BCUT2D eigenvalue weighted by molar-refractivity contribution is 6.31. The molecular weight excluding hydrogens is 226 g/mol. The van der Waals surface area contributed by atoms with E-state index in [0.29, 0.717) is 28.7 Å². The summed E-state index contributed by atoms with van der Waals surface area (Å²) in [6.07, 6.45) is 0. The van der Waals surface area contributed by atoms with E-state index in [2.05, 4.69) is 11.7 Å². The summed E-state index contributed by atoms with van der Waals surface area (Å²) in [4.78, 5) is 0. The molecule has 16 heavy (non-hydrogen) atoms. The zero-order chi connectivity index (χ0) is 12.1. The molecule has 0 radical (unpaired) electrons. The van der Waals surface area contributed by atoms with Gasteiger partial charge in [0.05, 0.1) is 5.71 Å². The van der Waals surface area contributed by atoms with Crippen LogP contribution in [0.2, 0.25) is 5.02 Å². The van der Waals surface area contributed by atoms with E-state index in [-0.39, 0.29) is 0 Å². The van der Waals surface area contributed by atoms with Crippen LogP contribution in [0.4, 0.5) is 0 Å². The smallest absolute Gasteiger partial charge is 0.129 e. The number of benzene rings is 1. The Hall–Kier alpha value is -1.48. The lowest BCUT2D eigenvalue weighted by Gasteiger charge is -2.10. The average molecular weight is 240 g/mol. The summed E-state index contributed by atoms with van der Waals surface area (Å²) in [6.45, 7) is 7.73. The number of nitrogens with zero attached hydrogens (tertiary/aromatic N) is 1. The van der Waals surface area contributed by atoms with Crippen LogP contribution in [0.1, 0.15) is 19.4 Å². The SMILES string of the molecule is C=C(C)COc1ccc(Cl)cc1/C(C)=N/O. The molecule has 0 atom stereocenters. The summed E-state index contributed by atoms with van der Waals surface area (Å²) in [5.41, 5.74) is 2.05. The Balaban J connectivity index is 3.03. The van der Waals surface area contributed by atoms with Crippen molar-refractivity contribution in [3.05, 3.63) is 40.9 Å². The van der Waals surface area contributed by atoms with Crippen molar-refractivity contribution in [2.24, 2.45) is 5.16 Å². The first-order chi connectivity index (χ1) is 7.54. The Labute approximate surface area is 100.0 Å². The Morgan fingerprint density at radius 3 is 2.75 bits per heavy atom. The van der Waals surface area contributed by atoms with Gasteiger partial charge in [0.15, 0.2) is 0 Å². The molecule has 0 unspecified atom stereocenters. The normalized spacial score (nSPS) is 11.3. The van der Waals surface area contributed by atoms with Crippen LogP contribution in [0, 0.1) is 0 Å². The molecule has 1 aromatic carbocycles. The lowest BCUT2D eigenvalue weighted by Crippen LogP contribution is -2.04. The maximum atomic E-state index is 8.75. The molecule has 0 aromatic heterocycles. The summed E-state index contributed by atoms with van der Waals surface area (Å²) >= 11 is 5.87.